The Balaban J connectivity index is 1.83. The minimum atomic E-state index is -3.43. The Hall–Kier alpha value is -1.57. The molecule has 0 aromatic heterocycles. The maximum absolute atomic E-state index is 12.2. The van der Waals surface area contributed by atoms with Crippen molar-refractivity contribution in [2.75, 3.05) is 23.7 Å². The van der Waals surface area contributed by atoms with E-state index in [-0.39, 0.29) is 18.9 Å². The number of amides is 1. The second-order valence-corrected chi connectivity index (χ2v) is 9.80. The predicted molar refractivity (Wildman–Crippen MR) is 118 cm³/mol. The van der Waals surface area contributed by atoms with E-state index in [1.807, 2.05) is 43.3 Å². The third kappa shape index (κ3) is 7.11. The van der Waals surface area contributed by atoms with Crippen molar-refractivity contribution in [3.63, 3.8) is 0 Å². The summed E-state index contributed by atoms with van der Waals surface area (Å²) in [7, 11) is -3.43. The van der Waals surface area contributed by atoms with E-state index in [0.29, 0.717) is 23.7 Å². The van der Waals surface area contributed by atoms with Crippen LogP contribution in [0.2, 0.25) is 5.02 Å². The van der Waals surface area contributed by atoms with Crippen LogP contribution in [0.3, 0.4) is 0 Å². The van der Waals surface area contributed by atoms with E-state index in [1.165, 1.54) is 10.6 Å². The van der Waals surface area contributed by atoms with Gasteiger partial charge in [0.25, 0.3) is 0 Å². The van der Waals surface area contributed by atoms with Gasteiger partial charge >= 0.3 is 0 Å². The summed E-state index contributed by atoms with van der Waals surface area (Å²) in [5.74, 6) is -0.0885. The lowest BCUT2D eigenvalue weighted by molar-refractivity contribution is -0.121. The maximum atomic E-state index is 12.2. The van der Waals surface area contributed by atoms with Crippen LogP contribution in [0.5, 0.6) is 0 Å². The Morgan fingerprint density at radius 1 is 1.18 bits per heavy atom. The molecule has 0 saturated carbocycles. The van der Waals surface area contributed by atoms with Gasteiger partial charge in [0.15, 0.2) is 0 Å². The van der Waals surface area contributed by atoms with Crippen molar-refractivity contribution in [2.45, 2.75) is 26.2 Å². The SMILES string of the molecule is Cc1cc(N(CCCC(=O)NCCc2ccc(Cl)cc2)S(C)(=O)=O)ccc1Br. The first-order valence-electron chi connectivity index (χ1n) is 8.92. The first kappa shape index (κ1) is 22.7. The summed E-state index contributed by atoms with van der Waals surface area (Å²) in [4.78, 5) is 12.0. The maximum Gasteiger partial charge on any atom is 0.232 e. The van der Waals surface area contributed by atoms with Crippen molar-refractivity contribution in [3.05, 3.63) is 63.1 Å². The fourth-order valence-corrected chi connectivity index (χ4v) is 4.07. The monoisotopic (exact) mass is 486 g/mol. The number of hydrogen-bond acceptors (Lipinski definition) is 3. The highest BCUT2D eigenvalue weighted by molar-refractivity contribution is 9.10. The molecule has 0 atom stereocenters. The van der Waals surface area contributed by atoms with Gasteiger partial charge in [-0.25, -0.2) is 8.42 Å². The highest BCUT2D eigenvalue weighted by Gasteiger charge is 2.18. The zero-order valence-electron chi connectivity index (χ0n) is 15.9. The highest BCUT2D eigenvalue weighted by Crippen LogP contribution is 2.25. The second-order valence-electron chi connectivity index (χ2n) is 6.60. The van der Waals surface area contributed by atoms with Crippen molar-refractivity contribution in [1.29, 1.82) is 0 Å². The number of aryl methyl sites for hydroxylation is 1. The van der Waals surface area contributed by atoms with Crippen molar-refractivity contribution < 1.29 is 13.2 Å². The average molecular weight is 488 g/mol. The van der Waals surface area contributed by atoms with Gasteiger partial charge in [-0.3, -0.25) is 9.10 Å². The molecule has 0 unspecified atom stereocenters. The van der Waals surface area contributed by atoms with Gasteiger partial charge in [-0.15, -0.1) is 0 Å². The van der Waals surface area contributed by atoms with Crippen LogP contribution in [-0.4, -0.2) is 33.7 Å². The molecule has 2 aromatic carbocycles. The summed E-state index contributed by atoms with van der Waals surface area (Å²) in [6, 6.07) is 12.9. The van der Waals surface area contributed by atoms with Crippen LogP contribution in [0.4, 0.5) is 5.69 Å². The van der Waals surface area contributed by atoms with Crippen molar-refractivity contribution >= 4 is 49.1 Å². The van der Waals surface area contributed by atoms with Gasteiger partial charge in [0.1, 0.15) is 0 Å². The number of hydrogen-bond donors (Lipinski definition) is 1. The summed E-state index contributed by atoms with van der Waals surface area (Å²) in [5.41, 5.74) is 2.65. The molecule has 1 N–H and O–H groups in total. The average Bonchev–Trinajstić information content (AvgIpc) is 2.62. The Bertz CT molecular complexity index is 918. The van der Waals surface area contributed by atoms with E-state index in [1.54, 1.807) is 6.07 Å². The van der Waals surface area contributed by atoms with Crippen LogP contribution in [0, 0.1) is 6.92 Å². The lowest BCUT2D eigenvalue weighted by Crippen LogP contribution is -2.32. The van der Waals surface area contributed by atoms with Gasteiger partial charge in [-0.2, -0.15) is 0 Å². The molecule has 152 valence electrons. The van der Waals surface area contributed by atoms with Crippen LogP contribution in [-0.2, 0) is 21.2 Å². The van der Waals surface area contributed by atoms with Crippen LogP contribution in [0.1, 0.15) is 24.0 Å². The quantitative estimate of drug-likeness (QED) is 0.573. The summed E-state index contributed by atoms with van der Waals surface area (Å²) < 4.78 is 26.6. The Kier molecular flexibility index (Phi) is 8.34. The number of benzene rings is 2. The molecule has 28 heavy (non-hydrogen) atoms. The molecule has 0 heterocycles. The Labute approximate surface area is 180 Å². The number of halogens is 2. The number of sulfonamides is 1. The van der Waals surface area contributed by atoms with E-state index in [4.69, 9.17) is 11.6 Å². The molecule has 0 saturated heterocycles. The van der Waals surface area contributed by atoms with Gasteiger partial charge in [0.05, 0.1) is 11.9 Å². The molecule has 0 spiro atoms. The zero-order valence-corrected chi connectivity index (χ0v) is 19.1. The third-order valence-electron chi connectivity index (χ3n) is 4.24. The predicted octanol–water partition coefficient (Wildman–Crippen LogP) is 4.32. The zero-order chi connectivity index (χ0) is 20.7. The topological polar surface area (TPSA) is 66.5 Å². The molecule has 2 rings (SSSR count). The van der Waals surface area contributed by atoms with E-state index in [9.17, 15) is 13.2 Å². The summed E-state index contributed by atoms with van der Waals surface area (Å²) in [6.45, 7) is 2.69. The van der Waals surface area contributed by atoms with Crippen molar-refractivity contribution in [3.8, 4) is 0 Å². The number of rotatable bonds is 9. The molecule has 1 amide bonds. The molecule has 8 heteroatoms. The number of nitrogens with one attached hydrogen (secondary N) is 1. The summed E-state index contributed by atoms with van der Waals surface area (Å²) >= 11 is 9.27. The lowest BCUT2D eigenvalue weighted by atomic mass is 10.1. The number of carbonyl (C=O) groups excluding carboxylic acids is 1. The van der Waals surface area contributed by atoms with Crippen LogP contribution in [0.15, 0.2) is 46.9 Å². The minimum absolute atomic E-state index is 0.0885. The number of nitrogens with zero attached hydrogens (tertiary/aromatic N) is 1. The van der Waals surface area contributed by atoms with Gasteiger partial charge < -0.3 is 5.32 Å². The molecule has 0 aliphatic heterocycles. The van der Waals surface area contributed by atoms with Gasteiger partial charge in [-0.1, -0.05) is 39.7 Å². The molecule has 5 nitrogen and oxygen atoms in total. The smallest absolute Gasteiger partial charge is 0.232 e. The van der Waals surface area contributed by atoms with E-state index < -0.39 is 10.0 Å². The van der Waals surface area contributed by atoms with Gasteiger partial charge in [-0.05, 0) is 61.2 Å². The fraction of sp³-hybridized carbons (Fsp3) is 0.350. The molecule has 2 aromatic rings. The second kappa shape index (κ2) is 10.3. The third-order valence-corrected chi connectivity index (χ3v) is 6.58. The van der Waals surface area contributed by atoms with E-state index in [0.717, 1.165) is 22.0 Å². The fourth-order valence-electron chi connectivity index (χ4n) is 2.74. The Morgan fingerprint density at radius 3 is 2.46 bits per heavy atom. The molecule has 0 aliphatic rings. The first-order chi connectivity index (χ1) is 13.2. The van der Waals surface area contributed by atoms with Crippen molar-refractivity contribution in [1.82, 2.24) is 5.32 Å². The van der Waals surface area contributed by atoms with Crippen LogP contribution < -0.4 is 9.62 Å². The normalized spacial score (nSPS) is 11.3. The summed E-state index contributed by atoms with van der Waals surface area (Å²) in [5, 5.41) is 3.55. The van der Waals surface area contributed by atoms with Gasteiger partial charge in [0, 0.05) is 29.0 Å². The van der Waals surface area contributed by atoms with Crippen molar-refractivity contribution in [2.24, 2.45) is 0 Å². The van der Waals surface area contributed by atoms with E-state index >= 15 is 0 Å². The highest BCUT2D eigenvalue weighted by atomic mass is 79.9. The largest absolute Gasteiger partial charge is 0.356 e. The number of anilines is 1. The van der Waals surface area contributed by atoms with Gasteiger partial charge in [0.2, 0.25) is 15.9 Å². The minimum Gasteiger partial charge on any atom is -0.356 e. The lowest BCUT2D eigenvalue weighted by Gasteiger charge is -2.23. The standard InChI is InChI=1S/C20H24BrClN2O3S/c1-15-14-18(9-10-19(15)21)24(28(2,26)27)13-3-4-20(25)23-12-11-16-5-7-17(22)8-6-16/h5-10,14H,3-4,11-13H2,1-2H3,(H,23,25). The first-order valence-corrected chi connectivity index (χ1v) is 11.9. The molecule has 0 fully saturated rings. The number of carbonyl (C=O) groups is 1. The summed E-state index contributed by atoms with van der Waals surface area (Å²) in [6.07, 6.45) is 2.60. The molecule has 0 bridgehead atoms. The van der Waals surface area contributed by atoms with E-state index in [2.05, 4.69) is 21.2 Å². The van der Waals surface area contributed by atoms with Crippen LogP contribution >= 0.6 is 27.5 Å². The molecule has 0 aliphatic carbocycles. The Morgan fingerprint density at radius 2 is 1.86 bits per heavy atom. The molecular weight excluding hydrogens is 464 g/mol. The molecule has 0 radical (unpaired) electrons. The molecular formula is C20H24BrClN2O3S. The van der Waals surface area contributed by atoms with Crippen LogP contribution in [0.25, 0.3) is 0 Å².